The van der Waals surface area contributed by atoms with Crippen molar-refractivity contribution in [3.63, 3.8) is 0 Å². The van der Waals surface area contributed by atoms with Crippen LogP contribution >= 0.6 is 0 Å². The van der Waals surface area contributed by atoms with Gasteiger partial charge in [0.25, 0.3) is 11.5 Å². The number of nitrogens with two attached hydrogens (primary N) is 1. The van der Waals surface area contributed by atoms with Gasteiger partial charge in [-0.15, -0.1) is 0 Å². The van der Waals surface area contributed by atoms with Crippen molar-refractivity contribution >= 4 is 11.6 Å². The summed E-state index contributed by atoms with van der Waals surface area (Å²) in [6, 6.07) is 15.5. The number of anilines is 1. The van der Waals surface area contributed by atoms with E-state index in [-0.39, 0.29) is 24.1 Å². The maximum atomic E-state index is 13.7. The van der Waals surface area contributed by atoms with Crippen LogP contribution in [0, 0.1) is 20.8 Å². The molecule has 8 heteroatoms. The van der Waals surface area contributed by atoms with Crippen molar-refractivity contribution in [1.29, 1.82) is 0 Å². The highest BCUT2D eigenvalue weighted by Crippen LogP contribution is 2.34. The van der Waals surface area contributed by atoms with Gasteiger partial charge in [-0.05, 0) is 92.5 Å². The van der Waals surface area contributed by atoms with Gasteiger partial charge in [-0.3, -0.25) is 14.5 Å². The molecule has 224 valence electrons. The first kappa shape index (κ1) is 30.0. The minimum absolute atomic E-state index is 0.161. The molecule has 2 heterocycles. The van der Waals surface area contributed by atoms with Gasteiger partial charge in [0.05, 0.1) is 13.2 Å². The summed E-state index contributed by atoms with van der Waals surface area (Å²) in [4.78, 5) is 33.9. The summed E-state index contributed by atoms with van der Waals surface area (Å²) >= 11 is 0. The Bertz CT molecular complexity index is 1450. The maximum Gasteiger partial charge on any atom is 0.253 e. The smallest absolute Gasteiger partial charge is 0.253 e. The lowest BCUT2D eigenvalue weighted by atomic mass is 9.89. The Morgan fingerprint density at radius 3 is 2.38 bits per heavy atom. The zero-order valence-electron chi connectivity index (χ0n) is 25.5. The van der Waals surface area contributed by atoms with Crippen LogP contribution in [0.4, 0.5) is 5.69 Å². The highest BCUT2D eigenvalue weighted by molar-refractivity contribution is 5.99. The van der Waals surface area contributed by atoms with Gasteiger partial charge in [0, 0.05) is 67.8 Å². The lowest BCUT2D eigenvalue weighted by Gasteiger charge is -2.36. The van der Waals surface area contributed by atoms with Gasteiger partial charge in [-0.1, -0.05) is 24.3 Å². The van der Waals surface area contributed by atoms with E-state index in [1.807, 2.05) is 32.9 Å². The molecular formula is C34H45N5O3. The molecule has 2 aliphatic rings. The summed E-state index contributed by atoms with van der Waals surface area (Å²) in [7, 11) is 2.13. The maximum absolute atomic E-state index is 13.7. The fourth-order valence-corrected chi connectivity index (χ4v) is 6.34. The number of nitrogens with one attached hydrogen (secondary N) is 2. The van der Waals surface area contributed by atoms with Crippen LogP contribution in [0.15, 0.2) is 47.3 Å². The number of H-pyrrole nitrogens is 1. The third-order valence-electron chi connectivity index (χ3n) is 9.01. The van der Waals surface area contributed by atoms with Crippen LogP contribution < -0.4 is 21.5 Å². The average Bonchev–Trinajstić information content (AvgIpc) is 2.97. The van der Waals surface area contributed by atoms with Crippen molar-refractivity contribution < 1.29 is 9.53 Å². The van der Waals surface area contributed by atoms with Gasteiger partial charge >= 0.3 is 0 Å². The molecule has 0 unspecified atom stereocenters. The summed E-state index contributed by atoms with van der Waals surface area (Å²) in [5, 5.41) is 3.03. The lowest BCUT2D eigenvalue weighted by Crippen LogP contribution is -2.39. The minimum Gasteiger partial charge on any atom is -0.379 e. The van der Waals surface area contributed by atoms with E-state index in [4.69, 9.17) is 10.5 Å². The molecule has 0 radical (unpaired) electrons. The molecule has 0 atom stereocenters. The van der Waals surface area contributed by atoms with E-state index < -0.39 is 0 Å². The Hall–Kier alpha value is -3.46. The van der Waals surface area contributed by atoms with Crippen LogP contribution in [0.3, 0.4) is 0 Å². The number of hydrogen-bond acceptors (Lipinski definition) is 6. The van der Waals surface area contributed by atoms with Gasteiger partial charge in [0.15, 0.2) is 0 Å². The van der Waals surface area contributed by atoms with Crippen LogP contribution in [0.1, 0.15) is 64.0 Å². The first-order valence-electron chi connectivity index (χ1n) is 15.2. The van der Waals surface area contributed by atoms with E-state index in [0.29, 0.717) is 17.2 Å². The quantitative estimate of drug-likeness (QED) is 0.370. The van der Waals surface area contributed by atoms with Crippen molar-refractivity contribution in [1.82, 2.24) is 15.2 Å². The number of nitrogens with zero attached hydrogens (tertiary/aromatic N) is 2. The van der Waals surface area contributed by atoms with E-state index in [0.717, 1.165) is 92.2 Å². The molecule has 2 aromatic carbocycles. The Labute approximate surface area is 249 Å². The van der Waals surface area contributed by atoms with Crippen molar-refractivity contribution in [3.8, 4) is 11.1 Å². The average molecular weight is 572 g/mol. The molecule has 1 saturated heterocycles. The molecule has 1 aromatic heterocycles. The monoisotopic (exact) mass is 571 g/mol. The molecule has 0 spiro atoms. The summed E-state index contributed by atoms with van der Waals surface area (Å²) in [6.07, 6.45) is 4.09. The highest BCUT2D eigenvalue weighted by atomic mass is 16.5. The second-order valence-corrected chi connectivity index (χ2v) is 12.1. The van der Waals surface area contributed by atoms with Crippen LogP contribution in [-0.4, -0.2) is 61.2 Å². The van der Waals surface area contributed by atoms with Gasteiger partial charge in [0.1, 0.15) is 0 Å². The summed E-state index contributed by atoms with van der Waals surface area (Å²) < 4.78 is 5.49. The van der Waals surface area contributed by atoms with E-state index >= 15 is 0 Å². The van der Waals surface area contributed by atoms with Crippen molar-refractivity contribution in [3.05, 3.63) is 86.3 Å². The van der Waals surface area contributed by atoms with Crippen LogP contribution in [0.25, 0.3) is 11.1 Å². The molecular weight excluding hydrogens is 526 g/mol. The van der Waals surface area contributed by atoms with E-state index in [2.05, 4.69) is 57.5 Å². The molecule has 1 aliphatic carbocycles. The number of morpholine rings is 1. The number of aromatic nitrogens is 1. The largest absolute Gasteiger partial charge is 0.379 e. The molecule has 1 aliphatic heterocycles. The molecule has 1 saturated carbocycles. The van der Waals surface area contributed by atoms with Crippen molar-refractivity contribution in [2.45, 2.75) is 71.6 Å². The molecule has 2 fully saturated rings. The summed E-state index contributed by atoms with van der Waals surface area (Å²) in [6.45, 7) is 10.3. The Morgan fingerprint density at radius 1 is 1.02 bits per heavy atom. The normalized spacial score (nSPS) is 19.5. The number of carbonyl (C=O) groups excluding carboxylic acids is 1. The van der Waals surface area contributed by atoms with E-state index in [9.17, 15) is 9.59 Å². The predicted octanol–water partition coefficient (Wildman–Crippen LogP) is 4.44. The number of benzene rings is 2. The fourth-order valence-electron chi connectivity index (χ4n) is 6.34. The molecule has 4 N–H and O–H groups in total. The standard InChI is InChI=1S/C34H45N5O3/c1-22-17-23(2)37-34(41)31(22)20-36-33(40)30-18-27(19-32(24(30)3)38(4)29-11-9-28(35)10-12-29)26-7-5-25(6-8-26)21-39-13-15-42-16-14-39/h5-8,17-19,28-29H,9-16,20-21,35H2,1-4H3,(H,36,40)(H,37,41)/t28-,29-. The molecule has 0 bridgehead atoms. The number of hydrogen-bond donors (Lipinski definition) is 3. The van der Waals surface area contributed by atoms with Gasteiger partial charge in [-0.2, -0.15) is 0 Å². The Morgan fingerprint density at radius 2 is 1.71 bits per heavy atom. The first-order valence-corrected chi connectivity index (χ1v) is 15.2. The van der Waals surface area contributed by atoms with E-state index in [1.54, 1.807) is 0 Å². The van der Waals surface area contributed by atoms with Gasteiger partial charge < -0.3 is 25.7 Å². The van der Waals surface area contributed by atoms with Crippen LogP contribution in [0.2, 0.25) is 0 Å². The second-order valence-electron chi connectivity index (χ2n) is 12.1. The van der Waals surface area contributed by atoms with Gasteiger partial charge in [0.2, 0.25) is 0 Å². The number of aromatic amines is 1. The molecule has 3 aromatic rings. The zero-order valence-corrected chi connectivity index (χ0v) is 25.5. The Balaban J connectivity index is 1.44. The number of aryl methyl sites for hydroxylation is 2. The number of pyridine rings is 1. The molecule has 42 heavy (non-hydrogen) atoms. The van der Waals surface area contributed by atoms with Crippen molar-refractivity contribution in [2.24, 2.45) is 5.73 Å². The third-order valence-corrected chi connectivity index (χ3v) is 9.01. The van der Waals surface area contributed by atoms with Crippen LogP contribution in [-0.2, 0) is 17.8 Å². The number of amides is 1. The highest BCUT2D eigenvalue weighted by Gasteiger charge is 2.25. The zero-order chi connectivity index (χ0) is 29.8. The summed E-state index contributed by atoms with van der Waals surface area (Å²) in [5.74, 6) is -0.182. The lowest BCUT2D eigenvalue weighted by molar-refractivity contribution is 0.0342. The topological polar surface area (TPSA) is 104 Å². The fraction of sp³-hybridized carbons (Fsp3) is 0.471. The predicted molar refractivity (Wildman–Crippen MR) is 169 cm³/mol. The number of ether oxygens (including phenoxy) is 1. The van der Waals surface area contributed by atoms with Crippen LogP contribution in [0.5, 0.6) is 0 Å². The molecule has 8 nitrogen and oxygen atoms in total. The van der Waals surface area contributed by atoms with E-state index in [1.165, 1.54) is 5.56 Å². The number of rotatable bonds is 8. The minimum atomic E-state index is -0.182. The molecule has 5 rings (SSSR count). The van der Waals surface area contributed by atoms with Crippen molar-refractivity contribution in [2.75, 3.05) is 38.3 Å². The second kappa shape index (κ2) is 13.2. The summed E-state index contributed by atoms with van der Waals surface area (Å²) in [5.41, 5.74) is 14.3. The molecule has 1 amide bonds. The SMILES string of the molecule is Cc1cc(C)c(CNC(=O)c2cc(-c3ccc(CN4CCOCC4)cc3)cc(N(C)[C@H]3CC[C@H](N)CC3)c2C)c(=O)[nH]1. The third kappa shape index (κ3) is 6.94. The first-order chi connectivity index (χ1) is 20.2. The number of carbonyl (C=O) groups is 1. The van der Waals surface area contributed by atoms with Gasteiger partial charge in [-0.25, -0.2) is 0 Å². The Kier molecular flexibility index (Phi) is 9.46.